The average Bonchev–Trinajstić information content (AvgIpc) is 2.66. The van der Waals surface area contributed by atoms with E-state index in [-0.39, 0.29) is 9.81 Å². The third-order valence-corrected chi connectivity index (χ3v) is 6.46. The molecule has 2 aromatic heterocycles. The molecule has 0 amide bonds. The Kier molecular flexibility index (Phi) is 8.48. The lowest BCUT2D eigenvalue weighted by molar-refractivity contribution is 0.602. The van der Waals surface area contributed by atoms with Crippen LogP contribution in [0.5, 0.6) is 0 Å². The molecule has 0 aliphatic rings. The summed E-state index contributed by atoms with van der Waals surface area (Å²) in [6.07, 6.45) is 6.51. The Labute approximate surface area is 177 Å². The van der Waals surface area contributed by atoms with Gasteiger partial charge in [-0.05, 0) is 52.7 Å². The summed E-state index contributed by atoms with van der Waals surface area (Å²) in [5.74, 6) is 0.763. The van der Waals surface area contributed by atoms with E-state index in [2.05, 4.69) is 19.9 Å². The summed E-state index contributed by atoms with van der Waals surface area (Å²) in [6.45, 7) is 9.85. The van der Waals surface area contributed by atoms with Gasteiger partial charge in [-0.2, -0.15) is 0 Å². The lowest BCUT2D eigenvalue weighted by Gasteiger charge is -2.04. The SMILES string of the molecule is C/C(=C(/C)S(N)(=O)=O)c1ncc(C)cn1.C/C(=C(/C)S(N)(=O)=O)c1ncc(C)cn1. The quantitative estimate of drug-likeness (QED) is 0.701. The van der Waals surface area contributed by atoms with Gasteiger partial charge >= 0.3 is 0 Å². The van der Waals surface area contributed by atoms with Crippen LogP contribution in [0.3, 0.4) is 0 Å². The first-order valence-corrected chi connectivity index (χ1v) is 11.7. The van der Waals surface area contributed by atoms with E-state index in [0.717, 1.165) is 11.1 Å². The molecule has 12 heteroatoms. The summed E-state index contributed by atoms with van der Waals surface area (Å²) in [5.41, 5.74) is 2.77. The zero-order chi connectivity index (χ0) is 23.3. The van der Waals surface area contributed by atoms with E-state index in [1.165, 1.54) is 13.8 Å². The largest absolute Gasteiger partial charge is 0.237 e. The molecule has 2 aromatic rings. The molecule has 2 rings (SSSR count). The van der Waals surface area contributed by atoms with E-state index >= 15 is 0 Å². The van der Waals surface area contributed by atoms with Crippen molar-refractivity contribution in [3.63, 3.8) is 0 Å². The molecular weight excluding hydrogens is 428 g/mol. The fraction of sp³-hybridized carbons (Fsp3) is 0.333. The van der Waals surface area contributed by atoms with Gasteiger partial charge in [-0.3, -0.25) is 0 Å². The fourth-order valence-electron chi connectivity index (χ4n) is 1.91. The molecule has 0 fully saturated rings. The van der Waals surface area contributed by atoms with E-state index < -0.39 is 20.0 Å². The molecule has 30 heavy (non-hydrogen) atoms. The second kappa shape index (κ2) is 9.98. The molecule has 0 saturated carbocycles. The van der Waals surface area contributed by atoms with Gasteiger partial charge < -0.3 is 0 Å². The van der Waals surface area contributed by atoms with Crippen molar-refractivity contribution in [3.05, 3.63) is 57.4 Å². The number of aromatic nitrogens is 4. The van der Waals surface area contributed by atoms with Crippen molar-refractivity contribution in [3.8, 4) is 0 Å². The number of nitrogens with zero attached hydrogens (tertiary/aromatic N) is 4. The van der Waals surface area contributed by atoms with Crippen LogP contribution in [0.4, 0.5) is 0 Å². The van der Waals surface area contributed by atoms with Crippen LogP contribution < -0.4 is 10.3 Å². The number of nitrogens with two attached hydrogens (primary N) is 2. The first-order chi connectivity index (χ1) is 13.6. The van der Waals surface area contributed by atoms with Crippen molar-refractivity contribution >= 4 is 31.2 Å². The minimum Gasteiger partial charge on any atom is -0.237 e. The van der Waals surface area contributed by atoms with Gasteiger partial charge in [0.05, 0.1) is 9.81 Å². The number of primary sulfonamides is 2. The van der Waals surface area contributed by atoms with Crippen LogP contribution in [0.1, 0.15) is 50.5 Å². The molecule has 0 unspecified atom stereocenters. The molecule has 164 valence electrons. The predicted octanol–water partition coefficient (Wildman–Crippen LogP) is 1.65. The molecule has 4 N–H and O–H groups in total. The molecule has 0 aliphatic heterocycles. The second-order valence-electron chi connectivity index (χ2n) is 6.62. The van der Waals surface area contributed by atoms with Gasteiger partial charge in [0.25, 0.3) is 0 Å². The Balaban J connectivity index is 0.000000300. The summed E-state index contributed by atoms with van der Waals surface area (Å²) in [5, 5.41) is 10.0. The van der Waals surface area contributed by atoms with E-state index in [9.17, 15) is 16.8 Å². The highest BCUT2D eigenvalue weighted by Crippen LogP contribution is 2.17. The van der Waals surface area contributed by atoms with Crippen LogP contribution in [0.25, 0.3) is 11.1 Å². The summed E-state index contributed by atoms with van der Waals surface area (Å²) < 4.78 is 44.3. The van der Waals surface area contributed by atoms with Crippen LogP contribution in [0, 0.1) is 13.8 Å². The number of allylic oxidation sites excluding steroid dienone is 4. The lowest BCUT2D eigenvalue weighted by Crippen LogP contribution is -2.14. The Bertz CT molecular complexity index is 1070. The van der Waals surface area contributed by atoms with E-state index in [1.54, 1.807) is 38.6 Å². The Morgan fingerprint density at radius 1 is 0.633 bits per heavy atom. The molecule has 0 atom stereocenters. The third-order valence-electron chi connectivity index (χ3n) is 4.14. The minimum absolute atomic E-state index is 0.0892. The van der Waals surface area contributed by atoms with Gasteiger partial charge in [0.2, 0.25) is 20.0 Å². The van der Waals surface area contributed by atoms with Gasteiger partial charge in [0, 0.05) is 35.9 Å². The maximum absolute atomic E-state index is 11.1. The van der Waals surface area contributed by atoms with Crippen molar-refractivity contribution in [2.75, 3.05) is 0 Å². The summed E-state index contributed by atoms with van der Waals surface area (Å²) >= 11 is 0. The van der Waals surface area contributed by atoms with Crippen molar-refractivity contribution in [1.29, 1.82) is 0 Å². The average molecular weight is 455 g/mol. The summed E-state index contributed by atoms with van der Waals surface area (Å²) in [7, 11) is -7.32. The van der Waals surface area contributed by atoms with E-state index in [1.807, 2.05) is 13.8 Å². The van der Waals surface area contributed by atoms with E-state index in [0.29, 0.717) is 22.8 Å². The number of hydrogen-bond acceptors (Lipinski definition) is 8. The van der Waals surface area contributed by atoms with Gasteiger partial charge in [-0.15, -0.1) is 0 Å². The predicted molar refractivity (Wildman–Crippen MR) is 116 cm³/mol. The van der Waals surface area contributed by atoms with Gasteiger partial charge in [-0.1, -0.05) is 0 Å². The maximum atomic E-state index is 11.1. The zero-order valence-corrected chi connectivity index (χ0v) is 19.3. The number of rotatable bonds is 4. The van der Waals surface area contributed by atoms with Crippen molar-refractivity contribution < 1.29 is 16.8 Å². The lowest BCUT2D eigenvalue weighted by atomic mass is 10.2. The molecule has 0 spiro atoms. The first-order valence-electron chi connectivity index (χ1n) is 8.63. The molecule has 0 radical (unpaired) electrons. The Morgan fingerprint density at radius 2 is 0.867 bits per heavy atom. The van der Waals surface area contributed by atoms with Gasteiger partial charge in [0.15, 0.2) is 11.6 Å². The van der Waals surface area contributed by atoms with E-state index in [4.69, 9.17) is 10.3 Å². The van der Waals surface area contributed by atoms with Gasteiger partial charge in [-0.25, -0.2) is 47.0 Å². The highest BCUT2D eigenvalue weighted by atomic mass is 32.2. The monoisotopic (exact) mass is 454 g/mol. The van der Waals surface area contributed by atoms with Crippen molar-refractivity contribution in [2.45, 2.75) is 41.5 Å². The highest BCUT2D eigenvalue weighted by molar-refractivity contribution is 7.93. The standard InChI is InChI=1S/2C9H13N3O2S/c2*1-6-4-11-9(12-5-6)7(2)8(3)15(10,13)14/h2*4-5H,1-3H3,(H2,10,13,14)/b2*8-7+. The highest BCUT2D eigenvalue weighted by Gasteiger charge is 2.13. The van der Waals surface area contributed by atoms with Crippen LogP contribution in [-0.2, 0) is 20.0 Å². The smallest absolute Gasteiger partial charge is 0.234 e. The third kappa shape index (κ3) is 7.37. The minimum atomic E-state index is -3.66. The van der Waals surface area contributed by atoms with Gasteiger partial charge in [0.1, 0.15) is 0 Å². The molecule has 0 saturated heterocycles. The fourth-order valence-corrected chi connectivity index (χ4v) is 2.95. The van der Waals surface area contributed by atoms with Crippen LogP contribution in [0.2, 0.25) is 0 Å². The normalized spacial score (nSPS) is 13.6. The molecular formula is C18H26N6O4S2. The summed E-state index contributed by atoms with van der Waals surface area (Å²) in [6, 6.07) is 0. The zero-order valence-electron chi connectivity index (χ0n) is 17.7. The second-order valence-corrected chi connectivity index (χ2v) is 10.0. The molecule has 10 nitrogen and oxygen atoms in total. The topological polar surface area (TPSA) is 172 Å². The molecule has 0 aromatic carbocycles. The molecule has 0 aliphatic carbocycles. The van der Waals surface area contributed by atoms with Crippen LogP contribution >= 0.6 is 0 Å². The van der Waals surface area contributed by atoms with Crippen molar-refractivity contribution in [2.24, 2.45) is 10.3 Å². The molecule has 0 bridgehead atoms. The number of sulfonamides is 2. The number of aryl methyl sites for hydroxylation is 2. The molecule has 2 heterocycles. The summed E-state index contributed by atoms with van der Waals surface area (Å²) in [4.78, 5) is 16.3. The van der Waals surface area contributed by atoms with Crippen LogP contribution in [0.15, 0.2) is 34.6 Å². The Hall–Kier alpha value is -2.54. The number of hydrogen-bond donors (Lipinski definition) is 2. The Morgan fingerprint density at radius 3 is 1.07 bits per heavy atom. The van der Waals surface area contributed by atoms with Crippen LogP contribution in [-0.4, -0.2) is 36.8 Å². The maximum Gasteiger partial charge on any atom is 0.234 e. The van der Waals surface area contributed by atoms with Crippen molar-refractivity contribution in [1.82, 2.24) is 19.9 Å². The first kappa shape index (κ1) is 25.5.